The first-order valence-electron chi connectivity index (χ1n) is 5.64. The lowest BCUT2D eigenvalue weighted by Crippen LogP contribution is -2.11. The fourth-order valence-electron chi connectivity index (χ4n) is 2.37. The normalized spacial score (nSPS) is 20.1. The number of pyridine rings is 1. The van der Waals surface area contributed by atoms with Crippen LogP contribution in [0.1, 0.15) is 18.4 Å². The first-order chi connectivity index (χ1) is 7.84. The minimum absolute atomic E-state index is 0.229. The number of benzene rings is 1. The Hall–Kier alpha value is -1.67. The number of hydrogen-bond donors (Lipinski definition) is 1. The first kappa shape index (κ1) is 9.55. The van der Waals surface area contributed by atoms with Gasteiger partial charge in [-0.1, -0.05) is 24.3 Å². The largest absolute Gasteiger partial charge is 0.324 e. The first-order valence-corrected chi connectivity index (χ1v) is 5.64. The maximum absolute atomic E-state index is 5.92. The standard InChI is InChI=1S/C14H14N2/c15-12-5-4-10(8-12)13-3-1-2-11-9-16-7-6-14(11)13/h1-3,6-9,12H,4-5,15H2. The number of aromatic nitrogens is 1. The van der Waals surface area contributed by atoms with Gasteiger partial charge in [0.15, 0.2) is 0 Å². The lowest BCUT2D eigenvalue weighted by Gasteiger charge is -2.06. The summed E-state index contributed by atoms with van der Waals surface area (Å²) < 4.78 is 0. The van der Waals surface area contributed by atoms with Gasteiger partial charge in [0.05, 0.1) is 0 Å². The number of allylic oxidation sites excluding steroid dienone is 1. The molecule has 16 heavy (non-hydrogen) atoms. The fourth-order valence-corrected chi connectivity index (χ4v) is 2.37. The van der Waals surface area contributed by atoms with E-state index in [1.165, 1.54) is 21.9 Å². The van der Waals surface area contributed by atoms with Crippen LogP contribution in [-0.4, -0.2) is 11.0 Å². The zero-order valence-corrected chi connectivity index (χ0v) is 9.06. The van der Waals surface area contributed by atoms with Crippen LogP contribution in [0.4, 0.5) is 0 Å². The number of nitrogens with zero attached hydrogens (tertiary/aromatic N) is 1. The van der Waals surface area contributed by atoms with Crippen molar-refractivity contribution < 1.29 is 0 Å². The molecule has 1 atom stereocenters. The Morgan fingerprint density at radius 3 is 3.00 bits per heavy atom. The van der Waals surface area contributed by atoms with Gasteiger partial charge >= 0.3 is 0 Å². The van der Waals surface area contributed by atoms with E-state index in [0.29, 0.717) is 0 Å². The monoisotopic (exact) mass is 210 g/mol. The molecule has 1 aliphatic rings. The second-order valence-electron chi connectivity index (χ2n) is 4.30. The molecule has 1 aliphatic carbocycles. The Morgan fingerprint density at radius 2 is 2.19 bits per heavy atom. The lowest BCUT2D eigenvalue weighted by atomic mass is 9.99. The summed E-state index contributed by atoms with van der Waals surface area (Å²) in [6, 6.07) is 8.67. The molecule has 0 aliphatic heterocycles. The van der Waals surface area contributed by atoms with Gasteiger partial charge in [0.1, 0.15) is 0 Å². The predicted octanol–water partition coefficient (Wildman–Crippen LogP) is 2.74. The molecule has 0 saturated heterocycles. The van der Waals surface area contributed by atoms with E-state index < -0.39 is 0 Å². The molecule has 2 aromatic rings. The molecule has 2 nitrogen and oxygen atoms in total. The minimum Gasteiger partial charge on any atom is -0.324 e. The van der Waals surface area contributed by atoms with Crippen LogP contribution in [0.3, 0.4) is 0 Å². The summed E-state index contributed by atoms with van der Waals surface area (Å²) in [5.41, 5.74) is 8.61. The van der Waals surface area contributed by atoms with Crippen molar-refractivity contribution in [2.45, 2.75) is 18.9 Å². The molecule has 1 aromatic carbocycles. The van der Waals surface area contributed by atoms with Gasteiger partial charge in [-0.25, -0.2) is 0 Å². The third kappa shape index (κ3) is 1.51. The molecule has 0 bridgehead atoms. The summed E-state index contributed by atoms with van der Waals surface area (Å²) in [6.45, 7) is 0. The average molecular weight is 210 g/mol. The minimum atomic E-state index is 0.229. The van der Waals surface area contributed by atoms with Gasteiger partial charge in [-0.2, -0.15) is 0 Å². The Bertz CT molecular complexity index is 552. The van der Waals surface area contributed by atoms with Crippen LogP contribution in [0.15, 0.2) is 42.7 Å². The van der Waals surface area contributed by atoms with Crippen LogP contribution in [0, 0.1) is 0 Å². The second-order valence-corrected chi connectivity index (χ2v) is 4.30. The molecule has 80 valence electrons. The highest BCUT2D eigenvalue weighted by molar-refractivity contribution is 5.93. The summed E-state index contributed by atoms with van der Waals surface area (Å²) in [5, 5.41) is 2.47. The molecule has 2 N–H and O–H groups in total. The predicted molar refractivity (Wildman–Crippen MR) is 66.9 cm³/mol. The molecule has 0 saturated carbocycles. The fraction of sp³-hybridized carbons (Fsp3) is 0.214. The van der Waals surface area contributed by atoms with Crippen molar-refractivity contribution in [3.8, 4) is 0 Å². The molecular weight excluding hydrogens is 196 g/mol. The smallest absolute Gasteiger partial charge is 0.0346 e. The van der Waals surface area contributed by atoms with Crippen LogP contribution < -0.4 is 5.73 Å². The van der Waals surface area contributed by atoms with Crippen LogP contribution in [-0.2, 0) is 0 Å². The van der Waals surface area contributed by atoms with E-state index in [-0.39, 0.29) is 6.04 Å². The van der Waals surface area contributed by atoms with Crippen LogP contribution in [0.2, 0.25) is 0 Å². The van der Waals surface area contributed by atoms with Crippen molar-refractivity contribution in [3.63, 3.8) is 0 Å². The van der Waals surface area contributed by atoms with E-state index in [9.17, 15) is 0 Å². The molecule has 1 heterocycles. The highest BCUT2D eigenvalue weighted by Crippen LogP contribution is 2.31. The maximum Gasteiger partial charge on any atom is 0.0346 e. The van der Waals surface area contributed by atoms with Gasteiger partial charge in [-0.15, -0.1) is 0 Å². The molecule has 1 aromatic heterocycles. The number of hydrogen-bond acceptors (Lipinski definition) is 2. The molecular formula is C14H14N2. The lowest BCUT2D eigenvalue weighted by molar-refractivity contribution is 0.782. The van der Waals surface area contributed by atoms with Crippen molar-refractivity contribution in [2.24, 2.45) is 5.73 Å². The molecule has 0 radical (unpaired) electrons. The van der Waals surface area contributed by atoms with Gasteiger partial charge < -0.3 is 5.73 Å². The van der Waals surface area contributed by atoms with Crippen molar-refractivity contribution in [3.05, 3.63) is 48.3 Å². The Kier molecular flexibility index (Phi) is 2.22. The number of rotatable bonds is 1. The third-order valence-electron chi connectivity index (χ3n) is 3.19. The van der Waals surface area contributed by atoms with Crippen molar-refractivity contribution >= 4 is 16.3 Å². The topological polar surface area (TPSA) is 38.9 Å². The highest BCUT2D eigenvalue weighted by Gasteiger charge is 2.14. The molecule has 2 heteroatoms. The summed E-state index contributed by atoms with van der Waals surface area (Å²) >= 11 is 0. The van der Waals surface area contributed by atoms with Crippen molar-refractivity contribution in [2.75, 3.05) is 0 Å². The van der Waals surface area contributed by atoms with E-state index in [4.69, 9.17) is 5.73 Å². The van der Waals surface area contributed by atoms with E-state index in [1.54, 1.807) is 0 Å². The van der Waals surface area contributed by atoms with E-state index in [2.05, 4.69) is 35.3 Å². The molecule has 0 spiro atoms. The second kappa shape index (κ2) is 3.72. The highest BCUT2D eigenvalue weighted by atomic mass is 14.6. The van der Waals surface area contributed by atoms with Crippen LogP contribution in [0.5, 0.6) is 0 Å². The maximum atomic E-state index is 5.92. The van der Waals surface area contributed by atoms with Crippen LogP contribution >= 0.6 is 0 Å². The van der Waals surface area contributed by atoms with Crippen LogP contribution in [0.25, 0.3) is 16.3 Å². The Labute approximate surface area is 94.8 Å². The molecule has 1 unspecified atom stereocenters. The van der Waals surface area contributed by atoms with Gasteiger partial charge in [0.25, 0.3) is 0 Å². The van der Waals surface area contributed by atoms with Gasteiger partial charge in [-0.05, 0) is 35.4 Å². The Balaban J connectivity index is 2.20. The van der Waals surface area contributed by atoms with E-state index >= 15 is 0 Å². The summed E-state index contributed by atoms with van der Waals surface area (Å²) in [5.74, 6) is 0. The summed E-state index contributed by atoms with van der Waals surface area (Å²) in [4.78, 5) is 4.15. The third-order valence-corrected chi connectivity index (χ3v) is 3.19. The number of nitrogens with two attached hydrogens (primary N) is 1. The molecule has 3 rings (SSSR count). The van der Waals surface area contributed by atoms with Gasteiger partial charge in [0, 0.05) is 23.8 Å². The molecule has 0 fully saturated rings. The van der Waals surface area contributed by atoms with Crippen molar-refractivity contribution in [1.29, 1.82) is 0 Å². The molecule has 0 amide bonds. The van der Waals surface area contributed by atoms with E-state index in [0.717, 1.165) is 12.8 Å². The zero-order chi connectivity index (χ0) is 11.0. The van der Waals surface area contributed by atoms with E-state index in [1.807, 2.05) is 12.4 Å². The number of fused-ring (bicyclic) bond motifs is 1. The summed E-state index contributed by atoms with van der Waals surface area (Å²) in [7, 11) is 0. The Morgan fingerprint density at radius 1 is 1.25 bits per heavy atom. The van der Waals surface area contributed by atoms with Gasteiger partial charge in [0.2, 0.25) is 0 Å². The van der Waals surface area contributed by atoms with Crippen molar-refractivity contribution in [1.82, 2.24) is 4.98 Å². The SMILES string of the molecule is NC1C=C(c2cccc3cnccc23)CC1. The quantitative estimate of drug-likeness (QED) is 0.786. The average Bonchev–Trinajstić information content (AvgIpc) is 2.75. The summed E-state index contributed by atoms with van der Waals surface area (Å²) in [6.07, 6.45) is 8.10. The zero-order valence-electron chi connectivity index (χ0n) is 9.06. The van der Waals surface area contributed by atoms with Gasteiger partial charge in [-0.3, -0.25) is 4.98 Å².